The minimum atomic E-state index is -4.40. The number of esters is 2. The van der Waals surface area contributed by atoms with Crippen molar-refractivity contribution in [2.24, 2.45) is 5.73 Å². The van der Waals surface area contributed by atoms with Crippen LogP contribution in [0.1, 0.15) is 348 Å². The van der Waals surface area contributed by atoms with Crippen molar-refractivity contribution in [3.05, 3.63) is 85.1 Å². The largest absolute Gasteiger partial charge is 0.472 e. The van der Waals surface area contributed by atoms with Crippen molar-refractivity contribution < 1.29 is 37.6 Å². The van der Waals surface area contributed by atoms with Crippen molar-refractivity contribution in [3.63, 3.8) is 0 Å². The van der Waals surface area contributed by atoms with Crippen LogP contribution in [-0.2, 0) is 32.7 Å². The number of ether oxygens (including phenoxy) is 2. The van der Waals surface area contributed by atoms with Gasteiger partial charge < -0.3 is 20.1 Å². The van der Waals surface area contributed by atoms with Crippen LogP contribution < -0.4 is 5.73 Å². The van der Waals surface area contributed by atoms with Crippen molar-refractivity contribution in [1.29, 1.82) is 0 Å². The van der Waals surface area contributed by atoms with E-state index >= 15 is 0 Å². The number of nitrogens with two attached hydrogens (primary N) is 1. The standard InChI is InChI=1S/C75H136NO8P/c1-3-5-7-9-11-13-15-17-19-21-23-25-27-29-31-33-35-36-38-39-41-43-45-47-49-51-53-55-57-59-61-63-65-67-74(77)81-71-73(72-83-85(79,80)82-70-69-76)84-75(78)68-66-64-62-60-58-56-54-52-50-48-46-44-42-40-37-34-32-30-28-26-24-22-20-18-16-14-12-10-8-6-4-2/h6,8,12,14-15,17-18,20-21,23-24,26,30,32,73H,3-5,7,9-11,13,16,19,22,25,27-29,31,33-72,76H2,1-2H3,(H,79,80)/b8-6-,14-12-,17-15-,20-18-,23-21-,26-24-,32-30-. The van der Waals surface area contributed by atoms with Crippen LogP contribution >= 0.6 is 7.82 Å². The molecule has 0 saturated carbocycles. The van der Waals surface area contributed by atoms with Crippen LogP contribution in [0, 0.1) is 0 Å². The Bertz CT molecular complexity index is 1670. The molecular weight excluding hydrogens is 1070 g/mol. The average molecular weight is 1210 g/mol. The van der Waals surface area contributed by atoms with Gasteiger partial charge in [0.1, 0.15) is 6.61 Å². The summed E-state index contributed by atoms with van der Waals surface area (Å²) >= 11 is 0. The molecule has 494 valence electrons. The molecule has 0 amide bonds. The zero-order valence-corrected chi connectivity index (χ0v) is 56.5. The van der Waals surface area contributed by atoms with Gasteiger partial charge in [0.15, 0.2) is 6.10 Å². The SMILES string of the molecule is CC/C=C\C/C=C\C/C=C\C/C=C\C/C=C\CCCCCCCCCCCCCCCCCC(=O)OC(COC(=O)CCCCCCCCCCCCCCCCCCCCCCC/C=C\C/C=C\CCCCCCC)COP(=O)(O)OCCN. The fourth-order valence-corrected chi connectivity index (χ4v) is 11.2. The number of carbonyl (C=O) groups is 2. The van der Waals surface area contributed by atoms with Gasteiger partial charge in [-0.05, 0) is 89.9 Å². The highest BCUT2D eigenvalue weighted by molar-refractivity contribution is 7.47. The van der Waals surface area contributed by atoms with Crippen molar-refractivity contribution in [3.8, 4) is 0 Å². The third-order valence-electron chi connectivity index (χ3n) is 15.8. The molecule has 9 nitrogen and oxygen atoms in total. The van der Waals surface area contributed by atoms with Crippen LogP contribution in [0.3, 0.4) is 0 Å². The molecule has 0 fully saturated rings. The Morgan fingerprint density at radius 3 is 0.965 bits per heavy atom. The number of unbranched alkanes of at least 4 members (excludes halogenated alkanes) is 41. The number of hydrogen-bond acceptors (Lipinski definition) is 8. The first-order valence-electron chi connectivity index (χ1n) is 36.1. The van der Waals surface area contributed by atoms with Gasteiger partial charge in [0.25, 0.3) is 0 Å². The maximum atomic E-state index is 12.8. The van der Waals surface area contributed by atoms with E-state index in [1.54, 1.807) is 0 Å². The summed E-state index contributed by atoms with van der Waals surface area (Å²) in [6.45, 7) is 3.67. The summed E-state index contributed by atoms with van der Waals surface area (Å²) in [5.74, 6) is -0.814. The maximum Gasteiger partial charge on any atom is 0.472 e. The monoisotopic (exact) mass is 1210 g/mol. The van der Waals surface area contributed by atoms with Crippen molar-refractivity contribution in [2.75, 3.05) is 26.4 Å². The topological polar surface area (TPSA) is 134 Å². The Balaban J connectivity index is 3.84. The molecule has 0 aliphatic heterocycles. The van der Waals surface area contributed by atoms with Gasteiger partial charge in [-0.1, -0.05) is 330 Å². The van der Waals surface area contributed by atoms with E-state index in [1.807, 2.05) is 0 Å². The second-order valence-electron chi connectivity index (χ2n) is 24.1. The summed E-state index contributed by atoms with van der Waals surface area (Å²) in [4.78, 5) is 35.4. The number of phosphoric acid groups is 1. The molecule has 0 radical (unpaired) electrons. The predicted octanol–water partition coefficient (Wildman–Crippen LogP) is 23.8. The van der Waals surface area contributed by atoms with Crippen molar-refractivity contribution in [1.82, 2.24) is 0 Å². The first-order valence-corrected chi connectivity index (χ1v) is 37.6. The molecule has 0 aromatic rings. The summed E-state index contributed by atoms with van der Waals surface area (Å²) in [5, 5.41) is 0. The zero-order chi connectivity index (χ0) is 61.6. The average Bonchev–Trinajstić information content (AvgIpc) is 3.52. The van der Waals surface area contributed by atoms with Crippen LogP contribution in [0.25, 0.3) is 0 Å². The van der Waals surface area contributed by atoms with Gasteiger partial charge in [-0.25, -0.2) is 4.57 Å². The number of phosphoric ester groups is 1. The highest BCUT2D eigenvalue weighted by Crippen LogP contribution is 2.43. The molecule has 0 spiro atoms. The molecule has 10 heteroatoms. The normalized spacial score (nSPS) is 13.4. The van der Waals surface area contributed by atoms with E-state index in [-0.39, 0.29) is 38.6 Å². The van der Waals surface area contributed by atoms with Crippen LogP contribution in [0.4, 0.5) is 0 Å². The lowest BCUT2D eigenvalue weighted by molar-refractivity contribution is -0.161. The van der Waals surface area contributed by atoms with Crippen molar-refractivity contribution >= 4 is 19.8 Å². The molecule has 2 atom stereocenters. The minimum absolute atomic E-state index is 0.0527. The third kappa shape index (κ3) is 70.2. The summed E-state index contributed by atoms with van der Waals surface area (Å²) < 4.78 is 33.2. The molecular formula is C75H136NO8P. The first-order chi connectivity index (χ1) is 41.8. The van der Waals surface area contributed by atoms with Gasteiger partial charge in [-0.2, -0.15) is 0 Å². The van der Waals surface area contributed by atoms with E-state index in [0.717, 1.165) is 77.0 Å². The molecule has 85 heavy (non-hydrogen) atoms. The van der Waals surface area contributed by atoms with E-state index < -0.39 is 26.5 Å². The first kappa shape index (κ1) is 82.2. The molecule has 0 heterocycles. The fraction of sp³-hybridized carbons (Fsp3) is 0.787. The fourth-order valence-electron chi connectivity index (χ4n) is 10.5. The van der Waals surface area contributed by atoms with Gasteiger partial charge in [0.05, 0.1) is 13.2 Å². The lowest BCUT2D eigenvalue weighted by Gasteiger charge is -2.19. The summed E-state index contributed by atoms with van der Waals surface area (Å²) in [6.07, 6.45) is 94.0. The smallest absolute Gasteiger partial charge is 0.462 e. The predicted molar refractivity (Wildman–Crippen MR) is 367 cm³/mol. The van der Waals surface area contributed by atoms with Crippen LogP contribution in [0.2, 0.25) is 0 Å². The van der Waals surface area contributed by atoms with Crippen molar-refractivity contribution in [2.45, 2.75) is 354 Å². The summed E-state index contributed by atoms with van der Waals surface area (Å²) in [7, 11) is -4.40. The molecule has 2 unspecified atom stereocenters. The Kier molecular flexibility index (Phi) is 68.0. The summed E-state index contributed by atoms with van der Waals surface area (Å²) in [6, 6.07) is 0. The second-order valence-corrected chi connectivity index (χ2v) is 25.5. The number of allylic oxidation sites excluding steroid dienone is 14. The van der Waals surface area contributed by atoms with E-state index in [2.05, 4.69) is 98.9 Å². The van der Waals surface area contributed by atoms with Crippen LogP contribution in [0.15, 0.2) is 85.1 Å². The number of carbonyl (C=O) groups excluding carboxylic acids is 2. The molecule has 0 bridgehead atoms. The Labute approximate surface area is 525 Å². The minimum Gasteiger partial charge on any atom is -0.462 e. The van der Waals surface area contributed by atoms with E-state index in [0.29, 0.717) is 6.42 Å². The molecule has 0 aliphatic carbocycles. The Morgan fingerprint density at radius 1 is 0.365 bits per heavy atom. The zero-order valence-electron chi connectivity index (χ0n) is 55.6. The van der Waals surface area contributed by atoms with Gasteiger partial charge in [-0.15, -0.1) is 0 Å². The third-order valence-corrected chi connectivity index (χ3v) is 16.7. The quantitative estimate of drug-likeness (QED) is 0.0264. The van der Waals surface area contributed by atoms with E-state index in [4.69, 9.17) is 24.3 Å². The van der Waals surface area contributed by atoms with Gasteiger partial charge in [0, 0.05) is 19.4 Å². The number of rotatable bonds is 68. The second kappa shape index (κ2) is 70.3. The molecule has 0 aromatic heterocycles. The van der Waals surface area contributed by atoms with Gasteiger partial charge >= 0.3 is 19.8 Å². The van der Waals surface area contributed by atoms with Gasteiger partial charge in [0.2, 0.25) is 0 Å². The summed E-state index contributed by atoms with van der Waals surface area (Å²) in [5.41, 5.74) is 5.41. The maximum absolute atomic E-state index is 12.8. The molecule has 3 N–H and O–H groups in total. The van der Waals surface area contributed by atoms with Crippen LogP contribution in [-0.4, -0.2) is 49.3 Å². The Hall–Kier alpha value is -2.81. The lowest BCUT2D eigenvalue weighted by Crippen LogP contribution is -2.29. The molecule has 0 aliphatic rings. The van der Waals surface area contributed by atoms with E-state index in [9.17, 15) is 19.0 Å². The molecule has 0 rings (SSSR count). The molecule has 0 aromatic carbocycles. The highest BCUT2D eigenvalue weighted by Gasteiger charge is 2.26. The highest BCUT2D eigenvalue weighted by atomic mass is 31.2. The Morgan fingerprint density at radius 2 is 0.647 bits per heavy atom. The lowest BCUT2D eigenvalue weighted by atomic mass is 10.0. The number of hydrogen-bond donors (Lipinski definition) is 2. The van der Waals surface area contributed by atoms with Crippen LogP contribution in [0.5, 0.6) is 0 Å². The van der Waals surface area contributed by atoms with E-state index in [1.165, 1.54) is 238 Å². The molecule has 0 saturated heterocycles. The van der Waals surface area contributed by atoms with Gasteiger partial charge in [-0.3, -0.25) is 18.6 Å².